The molecule has 2 aliphatic rings. The number of allylic oxidation sites excluding steroid dienone is 1. The quantitative estimate of drug-likeness (QED) is 0.406. The molecule has 38 heavy (non-hydrogen) atoms. The minimum atomic E-state index is -0.880. The normalized spacial score (nSPS) is 18.5. The molecule has 1 heterocycles. The molecule has 0 saturated heterocycles. The Kier molecular flexibility index (Phi) is 6.80. The van der Waals surface area contributed by atoms with Crippen molar-refractivity contribution in [2.24, 2.45) is 5.41 Å². The number of carbonyl (C=O) groups excluding carboxylic acids is 2. The van der Waals surface area contributed by atoms with Crippen molar-refractivity contribution in [3.05, 3.63) is 105 Å². The van der Waals surface area contributed by atoms with Gasteiger partial charge >= 0.3 is 5.97 Å². The van der Waals surface area contributed by atoms with Gasteiger partial charge in [0.05, 0.1) is 10.6 Å². The molecule has 2 N–H and O–H groups in total. The molecule has 0 saturated carbocycles. The van der Waals surface area contributed by atoms with E-state index >= 15 is 0 Å². The molecule has 0 fully saturated rings. The summed E-state index contributed by atoms with van der Waals surface area (Å²) in [7, 11) is 0. The zero-order valence-electron chi connectivity index (χ0n) is 20.8. The Hall–Kier alpha value is -3.97. The third-order valence-corrected chi connectivity index (χ3v) is 7.77. The number of aliphatic carboxylic acids is 1. The number of fused-ring (bicyclic) bond motifs is 1. The Morgan fingerprint density at radius 3 is 2.58 bits per heavy atom. The van der Waals surface area contributed by atoms with Gasteiger partial charge in [-0.1, -0.05) is 35.9 Å². The number of halogens is 2. The number of carboxylic acid groups (broad SMARTS) is 1. The standard InChI is InChI=1S/C30H26ClFN2O4/c1-18-14-19(6-9-25(18)33-27(35)23-15-22(32)7-8-24(23)31)28(36)34-13-12-30(11-10-21(17-30)29(37)38)16-20-4-2-3-5-26(20)34/h2-9,14-15,17H,10-13,16H2,1H3,(H,33,35)(H,37,38)/t30-/m0/s1. The van der Waals surface area contributed by atoms with Crippen LogP contribution in [0.2, 0.25) is 5.02 Å². The van der Waals surface area contributed by atoms with E-state index in [1.165, 1.54) is 12.1 Å². The van der Waals surface area contributed by atoms with Gasteiger partial charge in [0, 0.05) is 29.1 Å². The molecule has 194 valence electrons. The van der Waals surface area contributed by atoms with E-state index in [4.69, 9.17) is 11.6 Å². The van der Waals surface area contributed by atoms with Gasteiger partial charge in [-0.25, -0.2) is 9.18 Å². The molecular weight excluding hydrogens is 507 g/mol. The number of aryl methyl sites for hydroxylation is 1. The first kappa shape index (κ1) is 25.7. The van der Waals surface area contributed by atoms with Crippen LogP contribution in [0, 0.1) is 18.2 Å². The number of benzene rings is 3. The first-order chi connectivity index (χ1) is 18.2. The summed E-state index contributed by atoms with van der Waals surface area (Å²) in [6.07, 6.45) is 4.50. The van der Waals surface area contributed by atoms with Crippen LogP contribution >= 0.6 is 11.6 Å². The number of hydrogen-bond donors (Lipinski definition) is 2. The minimum Gasteiger partial charge on any atom is -0.478 e. The fraction of sp³-hybridized carbons (Fsp3) is 0.233. The van der Waals surface area contributed by atoms with Crippen molar-refractivity contribution in [3.8, 4) is 0 Å². The number of carboxylic acids is 1. The lowest BCUT2D eigenvalue weighted by Gasteiger charge is -2.26. The van der Waals surface area contributed by atoms with Crippen LogP contribution in [0.1, 0.15) is 51.1 Å². The lowest BCUT2D eigenvalue weighted by molar-refractivity contribution is -0.132. The lowest BCUT2D eigenvalue weighted by Crippen LogP contribution is -2.33. The van der Waals surface area contributed by atoms with Gasteiger partial charge in [-0.2, -0.15) is 0 Å². The van der Waals surface area contributed by atoms with Gasteiger partial charge in [-0.05, 0) is 91.6 Å². The summed E-state index contributed by atoms with van der Waals surface area (Å²) in [6, 6.07) is 16.4. The molecule has 0 aromatic heterocycles. The molecule has 8 heteroatoms. The highest BCUT2D eigenvalue weighted by atomic mass is 35.5. The van der Waals surface area contributed by atoms with Crippen LogP contribution in [0.4, 0.5) is 15.8 Å². The van der Waals surface area contributed by atoms with E-state index in [0.29, 0.717) is 48.2 Å². The van der Waals surface area contributed by atoms with Gasteiger partial charge in [-0.3, -0.25) is 9.59 Å². The molecule has 6 nitrogen and oxygen atoms in total. The predicted octanol–water partition coefficient (Wildman–Crippen LogP) is 6.42. The third kappa shape index (κ3) is 4.94. The van der Waals surface area contributed by atoms with E-state index in [1.54, 1.807) is 30.0 Å². The summed E-state index contributed by atoms with van der Waals surface area (Å²) in [5, 5.41) is 12.4. The molecular formula is C30H26ClFN2O4. The molecule has 3 aromatic rings. The first-order valence-electron chi connectivity index (χ1n) is 12.4. The average molecular weight is 533 g/mol. The molecule has 0 unspecified atom stereocenters. The minimum absolute atomic E-state index is 0.0216. The topological polar surface area (TPSA) is 86.7 Å². The van der Waals surface area contributed by atoms with Crippen LogP contribution < -0.4 is 10.2 Å². The van der Waals surface area contributed by atoms with Crippen LogP contribution in [0.25, 0.3) is 0 Å². The van der Waals surface area contributed by atoms with E-state index < -0.39 is 17.7 Å². The number of nitrogens with zero attached hydrogens (tertiary/aromatic N) is 1. The molecule has 0 radical (unpaired) electrons. The van der Waals surface area contributed by atoms with Gasteiger partial charge < -0.3 is 15.3 Å². The van der Waals surface area contributed by atoms with E-state index in [9.17, 15) is 23.9 Å². The Morgan fingerprint density at radius 2 is 1.84 bits per heavy atom. The number of para-hydroxylation sites is 1. The Morgan fingerprint density at radius 1 is 1.05 bits per heavy atom. The summed E-state index contributed by atoms with van der Waals surface area (Å²) in [5.74, 6) is -2.17. The summed E-state index contributed by atoms with van der Waals surface area (Å²) in [5.41, 5.74) is 3.62. The smallest absolute Gasteiger partial charge is 0.331 e. The Balaban J connectivity index is 1.40. The molecule has 2 amide bonds. The summed E-state index contributed by atoms with van der Waals surface area (Å²) in [6.45, 7) is 2.23. The number of hydrogen-bond acceptors (Lipinski definition) is 3. The van der Waals surface area contributed by atoms with Crippen molar-refractivity contribution < 1.29 is 23.9 Å². The highest BCUT2D eigenvalue weighted by Crippen LogP contribution is 2.46. The second-order valence-electron chi connectivity index (χ2n) is 9.96. The first-order valence-corrected chi connectivity index (χ1v) is 12.8. The van der Waals surface area contributed by atoms with E-state index in [1.807, 2.05) is 30.3 Å². The zero-order valence-corrected chi connectivity index (χ0v) is 21.5. The molecule has 0 bridgehead atoms. The van der Waals surface area contributed by atoms with Crippen LogP contribution in [-0.2, 0) is 11.2 Å². The van der Waals surface area contributed by atoms with Crippen molar-refractivity contribution >= 4 is 40.8 Å². The molecule has 5 rings (SSSR count). The van der Waals surface area contributed by atoms with Crippen molar-refractivity contribution in [1.29, 1.82) is 0 Å². The van der Waals surface area contributed by atoms with Crippen molar-refractivity contribution in [3.63, 3.8) is 0 Å². The maximum Gasteiger partial charge on any atom is 0.331 e. The van der Waals surface area contributed by atoms with Gasteiger partial charge in [0.1, 0.15) is 5.82 Å². The van der Waals surface area contributed by atoms with Crippen LogP contribution in [-0.4, -0.2) is 29.4 Å². The number of amides is 2. The van der Waals surface area contributed by atoms with Gasteiger partial charge in [0.25, 0.3) is 11.8 Å². The third-order valence-electron chi connectivity index (χ3n) is 7.45. The van der Waals surface area contributed by atoms with Crippen LogP contribution in [0.5, 0.6) is 0 Å². The molecule has 1 aliphatic carbocycles. The lowest BCUT2D eigenvalue weighted by atomic mass is 9.79. The Bertz CT molecular complexity index is 1500. The monoisotopic (exact) mass is 532 g/mol. The largest absolute Gasteiger partial charge is 0.478 e. The zero-order chi connectivity index (χ0) is 27.0. The Labute approximate surface area is 224 Å². The fourth-order valence-corrected chi connectivity index (χ4v) is 5.62. The van der Waals surface area contributed by atoms with Crippen LogP contribution in [0.15, 0.2) is 72.3 Å². The van der Waals surface area contributed by atoms with Crippen molar-refractivity contribution in [2.45, 2.75) is 32.6 Å². The van der Waals surface area contributed by atoms with E-state index in [0.717, 1.165) is 23.7 Å². The average Bonchev–Trinajstić information content (AvgIpc) is 3.24. The molecule has 1 atom stereocenters. The highest BCUT2D eigenvalue weighted by molar-refractivity contribution is 6.34. The van der Waals surface area contributed by atoms with Gasteiger partial charge in [0.15, 0.2) is 0 Å². The summed E-state index contributed by atoms with van der Waals surface area (Å²) < 4.78 is 13.6. The number of nitrogens with one attached hydrogen (secondary N) is 1. The highest BCUT2D eigenvalue weighted by Gasteiger charge is 2.39. The number of rotatable bonds is 4. The van der Waals surface area contributed by atoms with Crippen LogP contribution in [0.3, 0.4) is 0 Å². The summed E-state index contributed by atoms with van der Waals surface area (Å²) in [4.78, 5) is 39.8. The SMILES string of the molecule is Cc1cc(C(=O)N2CC[C@]3(C=C(C(=O)O)CC3)Cc3ccccc32)ccc1NC(=O)c1cc(F)ccc1Cl. The predicted molar refractivity (Wildman–Crippen MR) is 144 cm³/mol. The van der Waals surface area contributed by atoms with Gasteiger partial charge in [0.2, 0.25) is 0 Å². The number of anilines is 2. The molecule has 3 aromatic carbocycles. The van der Waals surface area contributed by atoms with Gasteiger partial charge in [-0.15, -0.1) is 0 Å². The van der Waals surface area contributed by atoms with Crippen molar-refractivity contribution in [1.82, 2.24) is 0 Å². The second kappa shape index (κ2) is 10.1. The molecule has 1 spiro atoms. The molecule has 1 aliphatic heterocycles. The fourth-order valence-electron chi connectivity index (χ4n) is 5.41. The maximum atomic E-state index is 13.8. The van der Waals surface area contributed by atoms with E-state index in [-0.39, 0.29) is 21.9 Å². The number of carbonyl (C=O) groups is 3. The van der Waals surface area contributed by atoms with E-state index in [2.05, 4.69) is 5.32 Å². The summed E-state index contributed by atoms with van der Waals surface area (Å²) >= 11 is 6.06. The maximum absolute atomic E-state index is 13.8. The van der Waals surface area contributed by atoms with Crippen molar-refractivity contribution in [2.75, 3.05) is 16.8 Å². The second-order valence-corrected chi connectivity index (χ2v) is 10.4.